The van der Waals surface area contributed by atoms with E-state index in [2.05, 4.69) is 36.4 Å². The lowest BCUT2D eigenvalue weighted by Gasteiger charge is -2.33. The molecule has 1 N–H and O–H groups in total. The molecule has 0 atom stereocenters. The molecular weight excluding hydrogens is 304 g/mol. The first kappa shape index (κ1) is 17.3. The topological polar surface area (TPSA) is 49.4 Å². The number of carbonyl (C=O) groups excluding carboxylic acids is 2. The van der Waals surface area contributed by atoms with Gasteiger partial charge in [-0.3, -0.25) is 9.59 Å². The van der Waals surface area contributed by atoms with Gasteiger partial charge in [0.25, 0.3) is 5.91 Å². The average molecular weight is 328 g/mol. The number of nitrogens with one attached hydrogen (secondary N) is 1. The van der Waals surface area contributed by atoms with E-state index in [-0.39, 0.29) is 18.4 Å². The number of anilines is 1. The lowest BCUT2D eigenvalue weighted by Crippen LogP contribution is -2.47. The van der Waals surface area contributed by atoms with E-state index in [1.54, 1.807) is 17.0 Å². The molecule has 1 aliphatic rings. The highest BCUT2D eigenvalue weighted by atomic mass is 28.3. The normalized spacial score (nSPS) is 15.3. The summed E-state index contributed by atoms with van der Waals surface area (Å²) >= 11 is 0. The van der Waals surface area contributed by atoms with E-state index in [1.165, 1.54) is 0 Å². The van der Waals surface area contributed by atoms with Crippen LogP contribution in [0.4, 0.5) is 5.69 Å². The molecule has 4 nitrogen and oxygen atoms in total. The second kappa shape index (κ2) is 5.86. The molecule has 0 aliphatic carbocycles. The van der Waals surface area contributed by atoms with Crippen LogP contribution < -0.4 is 5.32 Å². The number of carbonyl (C=O) groups is 2. The fourth-order valence-corrected chi connectivity index (χ4v) is 2.78. The van der Waals surface area contributed by atoms with Gasteiger partial charge in [-0.05, 0) is 39.0 Å². The number of nitrogens with zero attached hydrogens (tertiary/aromatic N) is 1. The zero-order chi connectivity index (χ0) is 17.4. The number of fused-ring (bicyclic) bond motifs is 1. The smallest absolute Gasteiger partial charge is 0.256 e. The monoisotopic (exact) mass is 328 g/mol. The summed E-state index contributed by atoms with van der Waals surface area (Å²) in [5.74, 6) is 2.86. The zero-order valence-electron chi connectivity index (χ0n) is 14.7. The van der Waals surface area contributed by atoms with Crippen molar-refractivity contribution in [3.63, 3.8) is 0 Å². The fraction of sp³-hybridized carbons (Fsp3) is 0.444. The summed E-state index contributed by atoms with van der Waals surface area (Å²) in [5, 5.41) is 2.81. The number of hydrogen-bond acceptors (Lipinski definition) is 2. The summed E-state index contributed by atoms with van der Waals surface area (Å²) < 4.78 is 0. The van der Waals surface area contributed by atoms with Crippen molar-refractivity contribution in [3.05, 3.63) is 29.3 Å². The van der Waals surface area contributed by atoms with E-state index in [0.717, 1.165) is 5.56 Å². The van der Waals surface area contributed by atoms with Gasteiger partial charge in [-0.15, -0.1) is 5.54 Å². The Balaban J connectivity index is 2.49. The molecule has 0 fully saturated rings. The summed E-state index contributed by atoms with van der Waals surface area (Å²) in [6.07, 6.45) is 0. The maximum atomic E-state index is 12.9. The standard InChI is InChI=1S/C18H24N2O2Si/c1-18(2,3)20-12-16(21)19-15-8-7-13(9-10-23(4,5)6)11-14(15)17(20)22/h7-8,11H,12H2,1-6H3,(H,19,21). The Labute approximate surface area is 139 Å². The van der Waals surface area contributed by atoms with Gasteiger partial charge in [0.05, 0.1) is 11.3 Å². The van der Waals surface area contributed by atoms with Gasteiger partial charge in [0, 0.05) is 11.1 Å². The van der Waals surface area contributed by atoms with Crippen molar-refractivity contribution in [3.8, 4) is 11.5 Å². The highest BCUT2D eigenvalue weighted by Gasteiger charge is 2.33. The Bertz CT molecular complexity index is 715. The summed E-state index contributed by atoms with van der Waals surface area (Å²) in [6.45, 7) is 12.4. The van der Waals surface area contributed by atoms with E-state index in [4.69, 9.17) is 0 Å². The van der Waals surface area contributed by atoms with Crippen molar-refractivity contribution in [1.82, 2.24) is 4.90 Å². The minimum absolute atomic E-state index is 0.0624. The molecule has 0 saturated carbocycles. The lowest BCUT2D eigenvalue weighted by molar-refractivity contribution is -0.117. The SMILES string of the molecule is CC(C)(C)N1CC(=O)Nc2ccc(C#C[Si](C)(C)C)cc2C1=O. The van der Waals surface area contributed by atoms with Crippen LogP contribution in [0.1, 0.15) is 36.7 Å². The molecule has 0 bridgehead atoms. The summed E-state index contributed by atoms with van der Waals surface area (Å²) in [6, 6.07) is 5.41. The second-order valence-electron chi connectivity index (χ2n) is 7.87. The number of amides is 2. The van der Waals surface area contributed by atoms with Crippen LogP contribution in [0.15, 0.2) is 18.2 Å². The van der Waals surface area contributed by atoms with Crippen LogP contribution in [0.2, 0.25) is 19.6 Å². The Kier molecular flexibility index (Phi) is 4.40. The van der Waals surface area contributed by atoms with E-state index < -0.39 is 13.6 Å². The highest BCUT2D eigenvalue weighted by Crippen LogP contribution is 2.26. The Morgan fingerprint density at radius 1 is 1.17 bits per heavy atom. The van der Waals surface area contributed by atoms with Gasteiger partial charge in [-0.25, -0.2) is 0 Å². The first-order valence-corrected chi connectivity index (χ1v) is 11.3. The number of benzene rings is 1. The number of rotatable bonds is 0. The van der Waals surface area contributed by atoms with Gasteiger partial charge in [0.15, 0.2) is 0 Å². The van der Waals surface area contributed by atoms with Gasteiger partial charge >= 0.3 is 0 Å². The van der Waals surface area contributed by atoms with Crippen molar-refractivity contribution in [2.75, 3.05) is 11.9 Å². The Hall–Kier alpha value is -2.06. The molecule has 122 valence electrons. The Morgan fingerprint density at radius 2 is 1.83 bits per heavy atom. The molecule has 0 unspecified atom stereocenters. The van der Waals surface area contributed by atoms with Crippen molar-refractivity contribution < 1.29 is 9.59 Å². The molecule has 2 rings (SSSR count). The zero-order valence-corrected chi connectivity index (χ0v) is 15.7. The van der Waals surface area contributed by atoms with Gasteiger partial charge < -0.3 is 10.2 Å². The maximum absolute atomic E-state index is 12.9. The quantitative estimate of drug-likeness (QED) is 0.588. The molecule has 1 aliphatic heterocycles. The molecule has 0 spiro atoms. The van der Waals surface area contributed by atoms with Crippen molar-refractivity contribution in [2.45, 2.75) is 46.0 Å². The maximum Gasteiger partial charge on any atom is 0.256 e. The third kappa shape index (κ3) is 4.23. The van der Waals surface area contributed by atoms with Crippen LogP contribution in [0.5, 0.6) is 0 Å². The first-order chi connectivity index (χ1) is 10.5. The molecule has 1 aromatic carbocycles. The molecule has 1 heterocycles. The second-order valence-corrected chi connectivity index (χ2v) is 12.6. The third-order valence-electron chi connectivity index (χ3n) is 3.46. The van der Waals surface area contributed by atoms with Crippen molar-refractivity contribution in [1.29, 1.82) is 0 Å². The van der Waals surface area contributed by atoms with Gasteiger partial charge in [-0.2, -0.15) is 0 Å². The number of hydrogen-bond donors (Lipinski definition) is 1. The van der Waals surface area contributed by atoms with Crippen LogP contribution >= 0.6 is 0 Å². The fourth-order valence-electron chi connectivity index (χ4n) is 2.26. The Morgan fingerprint density at radius 3 is 2.39 bits per heavy atom. The summed E-state index contributed by atoms with van der Waals surface area (Å²) in [7, 11) is -1.48. The largest absolute Gasteiger partial charge is 0.324 e. The molecule has 5 heteroatoms. The van der Waals surface area contributed by atoms with Gasteiger partial charge in [0.1, 0.15) is 14.6 Å². The molecule has 2 amide bonds. The van der Waals surface area contributed by atoms with Gasteiger partial charge in [0.2, 0.25) is 5.91 Å². The van der Waals surface area contributed by atoms with E-state index in [1.807, 2.05) is 26.8 Å². The van der Waals surface area contributed by atoms with E-state index in [9.17, 15) is 9.59 Å². The molecule has 0 aromatic heterocycles. The van der Waals surface area contributed by atoms with Crippen LogP contribution in [0.25, 0.3) is 0 Å². The summed E-state index contributed by atoms with van der Waals surface area (Å²) in [5.41, 5.74) is 4.76. The molecule has 0 radical (unpaired) electrons. The molecule has 1 aromatic rings. The molecule has 23 heavy (non-hydrogen) atoms. The van der Waals surface area contributed by atoms with Crippen LogP contribution in [0, 0.1) is 11.5 Å². The van der Waals surface area contributed by atoms with Crippen molar-refractivity contribution in [2.24, 2.45) is 0 Å². The highest BCUT2D eigenvalue weighted by molar-refractivity contribution is 6.83. The molecule has 0 saturated heterocycles. The van der Waals surface area contributed by atoms with Gasteiger partial charge in [-0.1, -0.05) is 25.6 Å². The van der Waals surface area contributed by atoms with Crippen LogP contribution in [0.3, 0.4) is 0 Å². The first-order valence-electron chi connectivity index (χ1n) is 7.76. The van der Waals surface area contributed by atoms with Crippen LogP contribution in [-0.2, 0) is 4.79 Å². The predicted molar refractivity (Wildman–Crippen MR) is 96.1 cm³/mol. The third-order valence-corrected chi connectivity index (χ3v) is 4.34. The minimum Gasteiger partial charge on any atom is -0.324 e. The van der Waals surface area contributed by atoms with Crippen molar-refractivity contribution >= 4 is 25.6 Å². The van der Waals surface area contributed by atoms with E-state index in [0.29, 0.717) is 11.3 Å². The minimum atomic E-state index is -1.48. The summed E-state index contributed by atoms with van der Waals surface area (Å²) in [4.78, 5) is 26.5. The average Bonchev–Trinajstić information content (AvgIpc) is 2.52. The van der Waals surface area contributed by atoms with Crippen LogP contribution in [-0.4, -0.2) is 36.9 Å². The van der Waals surface area contributed by atoms with E-state index >= 15 is 0 Å². The predicted octanol–water partition coefficient (Wildman–Crippen LogP) is 3.11. The molecular formula is C18H24N2O2Si. The lowest BCUT2D eigenvalue weighted by atomic mass is 10.0.